The first-order chi connectivity index (χ1) is 13.4. The lowest BCUT2D eigenvalue weighted by Gasteiger charge is -2.26. The van der Waals surface area contributed by atoms with Gasteiger partial charge in [0.2, 0.25) is 0 Å². The summed E-state index contributed by atoms with van der Waals surface area (Å²) in [6.07, 6.45) is 9.23. The van der Waals surface area contributed by atoms with Crippen molar-refractivity contribution in [1.82, 2.24) is 14.3 Å². The molecule has 7 nitrogen and oxygen atoms in total. The van der Waals surface area contributed by atoms with Gasteiger partial charge in [-0.15, -0.1) is 0 Å². The number of rotatable bonds is 5. The molecule has 2 aliphatic carbocycles. The SMILES string of the molecule is C=CS(=O)(=O)NC(=O)N(c1cn(CC)cn1)c1c2c(cc3c1CCC3)CCC2. The smallest absolute Gasteiger partial charge is 0.336 e. The van der Waals surface area contributed by atoms with Gasteiger partial charge in [-0.1, -0.05) is 12.6 Å². The molecule has 0 saturated heterocycles. The molecular formula is C20H24N4O3S. The molecule has 0 saturated carbocycles. The lowest BCUT2D eigenvalue weighted by molar-refractivity contribution is 0.253. The molecule has 1 aromatic heterocycles. The van der Waals surface area contributed by atoms with Crippen molar-refractivity contribution < 1.29 is 13.2 Å². The van der Waals surface area contributed by atoms with Crippen LogP contribution in [0, 0.1) is 0 Å². The number of amides is 2. The van der Waals surface area contributed by atoms with E-state index in [1.807, 2.05) is 11.5 Å². The minimum Gasteiger partial charge on any atom is -0.336 e. The molecule has 0 atom stereocenters. The highest BCUT2D eigenvalue weighted by Crippen LogP contribution is 2.42. The number of nitrogens with one attached hydrogen (secondary N) is 1. The highest BCUT2D eigenvalue weighted by molar-refractivity contribution is 7.92. The summed E-state index contributed by atoms with van der Waals surface area (Å²) in [7, 11) is -3.92. The zero-order valence-electron chi connectivity index (χ0n) is 15.9. The Hall–Kier alpha value is -2.61. The molecule has 0 spiro atoms. The van der Waals surface area contributed by atoms with Crippen molar-refractivity contribution in [2.45, 2.75) is 52.0 Å². The summed E-state index contributed by atoms with van der Waals surface area (Å²) < 4.78 is 28.0. The summed E-state index contributed by atoms with van der Waals surface area (Å²) in [5.41, 5.74) is 5.61. The van der Waals surface area contributed by atoms with Crippen LogP contribution in [0.25, 0.3) is 0 Å². The van der Waals surface area contributed by atoms with Crippen LogP contribution in [-0.4, -0.2) is 24.0 Å². The number of fused-ring (bicyclic) bond motifs is 2. The molecule has 1 heterocycles. The van der Waals surface area contributed by atoms with Crippen LogP contribution in [-0.2, 0) is 42.3 Å². The highest BCUT2D eigenvalue weighted by Gasteiger charge is 2.32. The van der Waals surface area contributed by atoms with Gasteiger partial charge < -0.3 is 4.57 Å². The van der Waals surface area contributed by atoms with Crippen LogP contribution in [0.2, 0.25) is 0 Å². The third-order valence-electron chi connectivity index (χ3n) is 5.53. The molecule has 0 bridgehead atoms. The molecule has 1 N–H and O–H groups in total. The van der Waals surface area contributed by atoms with Gasteiger partial charge in [-0.25, -0.2) is 27.8 Å². The Balaban J connectivity index is 1.90. The third kappa shape index (κ3) is 3.22. The second kappa shape index (κ2) is 7.09. The molecular weight excluding hydrogens is 376 g/mol. The van der Waals surface area contributed by atoms with Crippen molar-refractivity contribution in [3.05, 3.63) is 52.8 Å². The van der Waals surface area contributed by atoms with Gasteiger partial charge >= 0.3 is 6.03 Å². The molecule has 8 heteroatoms. The number of imidazole rings is 1. The van der Waals surface area contributed by atoms with Crippen molar-refractivity contribution in [3.8, 4) is 0 Å². The molecule has 0 fully saturated rings. The number of nitrogens with zero attached hydrogens (tertiary/aromatic N) is 3. The molecule has 2 amide bonds. The number of carbonyl (C=O) groups excluding carboxylic acids is 1. The van der Waals surface area contributed by atoms with Crippen LogP contribution in [0.1, 0.15) is 42.0 Å². The first kappa shape index (κ1) is 18.7. The summed E-state index contributed by atoms with van der Waals surface area (Å²) in [6, 6.07) is 1.55. The summed E-state index contributed by atoms with van der Waals surface area (Å²) in [6.45, 7) is 5.97. The van der Waals surface area contributed by atoms with Gasteiger partial charge in [0.1, 0.15) is 0 Å². The van der Waals surface area contributed by atoms with Gasteiger partial charge in [0.25, 0.3) is 10.0 Å². The molecule has 2 aromatic rings. The normalized spacial score (nSPS) is 15.2. The second-order valence-corrected chi connectivity index (χ2v) is 8.85. The maximum Gasteiger partial charge on any atom is 0.341 e. The third-order valence-corrected chi connectivity index (χ3v) is 6.43. The lowest BCUT2D eigenvalue weighted by atomic mass is 9.98. The Kier molecular flexibility index (Phi) is 4.74. The zero-order chi connectivity index (χ0) is 19.9. The average molecular weight is 401 g/mol. The number of sulfonamides is 1. The van der Waals surface area contributed by atoms with Gasteiger partial charge in [-0.05, 0) is 67.7 Å². The summed E-state index contributed by atoms with van der Waals surface area (Å²) in [5, 5.41) is 0.744. The van der Waals surface area contributed by atoms with E-state index in [2.05, 4.69) is 22.4 Å². The van der Waals surface area contributed by atoms with E-state index in [1.165, 1.54) is 16.0 Å². The number of carbonyl (C=O) groups is 1. The summed E-state index contributed by atoms with van der Waals surface area (Å²) in [4.78, 5) is 19.0. The van der Waals surface area contributed by atoms with E-state index in [0.717, 1.165) is 60.7 Å². The number of hydrogen-bond acceptors (Lipinski definition) is 4. The molecule has 4 rings (SSSR count). The fourth-order valence-electron chi connectivity index (χ4n) is 4.22. The van der Waals surface area contributed by atoms with Gasteiger partial charge in [0.15, 0.2) is 5.82 Å². The van der Waals surface area contributed by atoms with Crippen LogP contribution in [0.5, 0.6) is 0 Å². The number of anilines is 2. The topological polar surface area (TPSA) is 84.3 Å². The molecule has 1 aromatic carbocycles. The van der Waals surface area contributed by atoms with Crippen LogP contribution in [0.4, 0.5) is 16.3 Å². The first-order valence-electron chi connectivity index (χ1n) is 9.61. The molecule has 0 unspecified atom stereocenters. The Bertz CT molecular complexity index is 1020. The van der Waals surface area contributed by atoms with Crippen LogP contribution >= 0.6 is 0 Å². The number of aryl methyl sites for hydroxylation is 3. The molecule has 0 aliphatic heterocycles. The van der Waals surface area contributed by atoms with Gasteiger partial charge in [0.05, 0.1) is 12.0 Å². The quantitative estimate of drug-likeness (QED) is 0.835. The van der Waals surface area contributed by atoms with Crippen molar-refractivity contribution in [3.63, 3.8) is 0 Å². The van der Waals surface area contributed by atoms with Crippen LogP contribution in [0.15, 0.2) is 30.6 Å². The van der Waals surface area contributed by atoms with E-state index in [9.17, 15) is 13.2 Å². The van der Waals surface area contributed by atoms with E-state index >= 15 is 0 Å². The van der Waals surface area contributed by atoms with E-state index in [1.54, 1.807) is 12.5 Å². The number of aromatic nitrogens is 2. The van der Waals surface area contributed by atoms with Gasteiger partial charge in [-0.2, -0.15) is 0 Å². The zero-order valence-corrected chi connectivity index (χ0v) is 16.8. The molecule has 2 aliphatic rings. The molecule has 148 valence electrons. The monoisotopic (exact) mass is 400 g/mol. The molecule has 0 radical (unpaired) electrons. The van der Waals surface area contributed by atoms with Crippen molar-refractivity contribution >= 4 is 27.6 Å². The number of hydrogen-bond donors (Lipinski definition) is 1. The fourth-order valence-corrected chi connectivity index (χ4v) is 4.64. The van der Waals surface area contributed by atoms with Crippen LogP contribution < -0.4 is 9.62 Å². The largest absolute Gasteiger partial charge is 0.341 e. The maximum absolute atomic E-state index is 13.2. The predicted molar refractivity (Wildman–Crippen MR) is 108 cm³/mol. The maximum atomic E-state index is 13.2. The van der Waals surface area contributed by atoms with Crippen molar-refractivity contribution in [2.75, 3.05) is 4.90 Å². The highest BCUT2D eigenvalue weighted by atomic mass is 32.2. The number of benzene rings is 1. The predicted octanol–water partition coefficient (Wildman–Crippen LogP) is 3.20. The van der Waals surface area contributed by atoms with E-state index in [0.29, 0.717) is 12.4 Å². The lowest BCUT2D eigenvalue weighted by Crippen LogP contribution is -2.40. The number of urea groups is 1. The minimum absolute atomic E-state index is 0.424. The van der Waals surface area contributed by atoms with E-state index in [4.69, 9.17) is 0 Å². The second-order valence-electron chi connectivity index (χ2n) is 7.22. The van der Waals surface area contributed by atoms with Crippen molar-refractivity contribution in [2.24, 2.45) is 0 Å². The minimum atomic E-state index is -3.92. The summed E-state index contributed by atoms with van der Waals surface area (Å²) in [5.74, 6) is 0.424. The Morgan fingerprint density at radius 2 is 1.89 bits per heavy atom. The fraction of sp³-hybridized carbons (Fsp3) is 0.400. The van der Waals surface area contributed by atoms with Crippen LogP contribution in [0.3, 0.4) is 0 Å². The summed E-state index contributed by atoms with van der Waals surface area (Å²) >= 11 is 0. The van der Waals surface area contributed by atoms with E-state index < -0.39 is 16.1 Å². The Morgan fingerprint density at radius 1 is 1.25 bits per heavy atom. The first-order valence-corrected chi connectivity index (χ1v) is 11.2. The average Bonchev–Trinajstić information content (AvgIpc) is 3.41. The Morgan fingerprint density at radius 3 is 2.43 bits per heavy atom. The van der Waals surface area contributed by atoms with Crippen molar-refractivity contribution in [1.29, 1.82) is 0 Å². The van der Waals surface area contributed by atoms with Gasteiger partial charge in [-0.3, -0.25) is 0 Å². The standard InChI is InChI=1S/C20H24N4O3S/c1-3-23-12-18(21-13-23)24(20(25)22-28(26,27)4-2)19-16-9-5-7-14(16)11-15-8-6-10-17(15)19/h4,11-13H,2-3,5-10H2,1H3,(H,22,25). The van der Waals surface area contributed by atoms with E-state index in [-0.39, 0.29) is 0 Å². The van der Waals surface area contributed by atoms with Gasteiger partial charge in [0, 0.05) is 18.1 Å². The Labute approximate surface area is 165 Å². The molecule has 28 heavy (non-hydrogen) atoms.